The second-order valence-corrected chi connectivity index (χ2v) is 7.85. The summed E-state index contributed by atoms with van der Waals surface area (Å²) in [6, 6.07) is 16.0. The first-order chi connectivity index (χ1) is 16.0. The van der Waals surface area contributed by atoms with Crippen LogP contribution in [0, 0.1) is 6.92 Å². The number of hydrogen-bond acceptors (Lipinski definition) is 6. The molecule has 6 heteroatoms. The fourth-order valence-electron chi connectivity index (χ4n) is 3.94. The van der Waals surface area contributed by atoms with E-state index in [9.17, 15) is 9.59 Å². The third-order valence-corrected chi connectivity index (χ3v) is 5.76. The van der Waals surface area contributed by atoms with Crippen LogP contribution >= 0.6 is 0 Å². The number of carbonyl (C=O) groups is 1. The fourth-order valence-corrected chi connectivity index (χ4v) is 3.94. The molecule has 0 radical (unpaired) electrons. The fraction of sp³-hybridized carbons (Fsp3) is 0.185. The van der Waals surface area contributed by atoms with Gasteiger partial charge in [0.15, 0.2) is 11.5 Å². The summed E-state index contributed by atoms with van der Waals surface area (Å²) in [6.45, 7) is 4.77. The highest BCUT2D eigenvalue weighted by Gasteiger charge is 2.18. The van der Waals surface area contributed by atoms with Gasteiger partial charge in [-0.3, -0.25) is 4.79 Å². The normalized spacial score (nSPS) is 12.5. The average molecular weight is 442 g/mol. The van der Waals surface area contributed by atoms with Crippen LogP contribution in [0.25, 0.3) is 22.1 Å². The van der Waals surface area contributed by atoms with Crippen LogP contribution < -0.4 is 19.6 Å². The molecule has 0 amide bonds. The highest BCUT2D eigenvalue weighted by atomic mass is 16.6. The van der Waals surface area contributed by atoms with Gasteiger partial charge in [-0.05, 0) is 54.3 Å². The number of ether oxygens (including phenoxy) is 3. The first-order valence-electron chi connectivity index (χ1n) is 10.8. The Hall–Kier alpha value is -4.06. The van der Waals surface area contributed by atoms with Gasteiger partial charge in [-0.1, -0.05) is 31.2 Å². The molecule has 0 fully saturated rings. The van der Waals surface area contributed by atoms with Gasteiger partial charge in [0.25, 0.3) is 0 Å². The minimum Gasteiger partial charge on any atom is -0.486 e. The number of aryl methyl sites for hydroxylation is 2. The molecular formula is C27H22O6. The van der Waals surface area contributed by atoms with E-state index in [0.717, 1.165) is 11.1 Å². The minimum atomic E-state index is -0.447. The molecule has 3 aromatic carbocycles. The molecule has 5 rings (SSSR count). The van der Waals surface area contributed by atoms with Crippen molar-refractivity contribution in [3.05, 3.63) is 87.8 Å². The Morgan fingerprint density at radius 2 is 1.79 bits per heavy atom. The summed E-state index contributed by atoms with van der Waals surface area (Å²) in [6.07, 6.45) is 2.01. The van der Waals surface area contributed by atoms with E-state index in [1.54, 1.807) is 36.4 Å². The van der Waals surface area contributed by atoms with Crippen LogP contribution in [0.5, 0.6) is 17.2 Å². The van der Waals surface area contributed by atoms with Gasteiger partial charge in [-0.2, -0.15) is 0 Å². The van der Waals surface area contributed by atoms with Gasteiger partial charge in [0.05, 0.1) is 16.5 Å². The third kappa shape index (κ3) is 3.84. The van der Waals surface area contributed by atoms with Crippen molar-refractivity contribution in [1.82, 2.24) is 0 Å². The van der Waals surface area contributed by atoms with E-state index in [4.69, 9.17) is 18.6 Å². The lowest BCUT2D eigenvalue weighted by Crippen LogP contribution is -2.15. The largest absolute Gasteiger partial charge is 0.486 e. The maximum atomic E-state index is 13.3. The highest BCUT2D eigenvalue weighted by molar-refractivity contribution is 5.93. The van der Waals surface area contributed by atoms with Crippen LogP contribution in [0.2, 0.25) is 0 Å². The highest BCUT2D eigenvalue weighted by Crippen LogP contribution is 2.34. The summed E-state index contributed by atoms with van der Waals surface area (Å²) in [4.78, 5) is 26.1. The smallest absolute Gasteiger partial charge is 0.343 e. The summed E-state index contributed by atoms with van der Waals surface area (Å²) < 4.78 is 22.7. The molecule has 0 aliphatic carbocycles. The Kier molecular flexibility index (Phi) is 5.34. The van der Waals surface area contributed by atoms with E-state index in [2.05, 4.69) is 0 Å². The zero-order valence-electron chi connectivity index (χ0n) is 18.3. The number of esters is 1. The predicted octanol–water partition coefficient (Wildman–Crippen LogP) is 5.32. The summed E-state index contributed by atoms with van der Waals surface area (Å²) in [5.74, 6) is 1.19. The maximum Gasteiger partial charge on any atom is 0.343 e. The number of rotatable bonds is 4. The summed E-state index contributed by atoms with van der Waals surface area (Å²) in [5, 5.41) is 0.426. The summed E-state index contributed by atoms with van der Waals surface area (Å²) >= 11 is 0. The molecule has 0 saturated heterocycles. The van der Waals surface area contributed by atoms with Crippen molar-refractivity contribution in [2.45, 2.75) is 20.3 Å². The zero-order valence-corrected chi connectivity index (χ0v) is 18.3. The van der Waals surface area contributed by atoms with Gasteiger partial charge in [0.1, 0.15) is 30.8 Å². The zero-order chi connectivity index (χ0) is 22.9. The second kappa shape index (κ2) is 8.47. The maximum absolute atomic E-state index is 13.3. The lowest BCUT2D eigenvalue weighted by Gasteiger charge is -2.18. The molecule has 6 nitrogen and oxygen atoms in total. The van der Waals surface area contributed by atoms with Crippen molar-refractivity contribution in [2.75, 3.05) is 13.2 Å². The van der Waals surface area contributed by atoms with Crippen molar-refractivity contribution in [1.29, 1.82) is 0 Å². The van der Waals surface area contributed by atoms with E-state index < -0.39 is 5.97 Å². The Morgan fingerprint density at radius 3 is 2.58 bits per heavy atom. The first-order valence-corrected chi connectivity index (χ1v) is 10.8. The van der Waals surface area contributed by atoms with Gasteiger partial charge >= 0.3 is 5.97 Å². The van der Waals surface area contributed by atoms with Gasteiger partial charge in [-0.25, -0.2) is 4.79 Å². The quantitative estimate of drug-likeness (QED) is 0.315. The van der Waals surface area contributed by atoms with Gasteiger partial charge in [0, 0.05) is 6.07 Å². The van der Waals surface area contributed by atoms with E-state index in [1.165, 1.54) is 6.26 Å². The Morgan fingerprint density at radius 1 is 1.00 bits per heavy atom. The summed E-state index contributed by atoms with van der Waals surface area (Å²) in [7, 11) is 0. The van der Waals surface area contributed by atoms with Crippen LogP contribution in [-0.2, 0) is 6.42 Å². The molecule has 0 bridgehead atoms. The van der Waals surface area contributed by atoms with Gasteiger partial charge in [-0.15, -0.1) is 0 Å². The number of benzene rings is 3. The molecule has 0 atom stereocenters. The van der Waals surface area contributed by atoms with Crippen LogP contribution in [0.1, 0.15) is 28.4 Å². The van der Waals surface area contributed by atoms with E-state index >= 15 is 0 Å². The van der Waals surface area contributed by atoms with Crippen LogP contribution in [0.3, 0.4) is 0 Å². The molecule has 0 saturated carbocycles. The molecule has 33 heavy (non-hydrogen) atoms. The molecular weight excluding hydrogens is 420 g/mol. The molecule has 4 aromatic rings. The Labute approximate surface area is 190 Å². The van der Waals surface area contributed by atoms with Crippen LogP contribution in [0.4, 0.5) is 0 Å². The minimum absolute atomic E-state index is 0.167. The van der Waals surface area contributed by atoms with Crippen LogP contribution in [-0.4, -0.2) is 19.2 Å². The van der Waals surface area contributed by atoms with E-state index in [0.29, 0.717) is 64.5 Å². The van der Waals surface area contributed by atoms with Gasteiger partial charge in [0.2, 0.25) is 5.43 Å². The van der Waals surface area contributed by atoms with Crippen molar-refractivity contribution in [2.24, 2.45) is 0 Å². The lowest BCUT2D eigenvalue weighted by atomic mass is 10.0. The molecule has 1 aromatic heterocycles. The van der Waals surface area contributed by atoms with Crippen molar-refractivity contribution < 1.29 is 23.4 Å². The Balaban J connectivity index is 1.54. The van der Waals surface area contributed by atoms with E-state index in [-0.39, 0.29) is 5.43 Å². The molecule has 0 spiro atoms. The predicted molar refractivity (Wildman–Crippen MR) is 124 cm³/mol. The molecule has 1 aliphatic heterocycles. The summed E-state index contributed by atoms with van der Waals surface area (Å²) in [5.41, 5.74) is 3.36. The third-order valence-electron chi connectivity index (χ3n) is 5.76. The second-order valence-electron chi connectivity index (χ2n) is 7.85. The Bertz CT molecular complexity index is 1430. The molecule has 0 N–H and O–H groups in total. The lowest BCUT2D eigenvalue weighted by molar-refractivity contribution is 0.0732. The molecule has 1 aliphatic rings. The molecule has 0 unspecified atom stereocenters. The van der Waals surface area contributed by atoms with Crippen LogP contribution in [0.15, 0.2) is 70.1 Å². The molecule has 2 heterocycles. The number of fused-ring (bicyclic) bond motifs is 2. The molecule has 166 valence electrons. The van der Waals surface area contributed by atoms with E-state index in [1.807, 2.05) is 32.0 Å². The first kappa shape index (κ1) is 20.8. The SMILES string of the molecule is CCc1cc2c(=O)c(-c3ccc4c(c3)OCCO4)coc2cc1OC(=O)c1ccccc1C. The van der Waals surface area contributed by atoms with Crippen molar-refractivity contribution in [3.8, 4) is 28.4 Å². The van der Waals surface area contributed by atoms with Gasteiger partial charge < -0.3 is 18.6 Å². The van der Waals surface area contributed by atoms with Crippen molar-refractivity contribution in [3.63, 3.8) is 0 Å². The topological polar surface area (TPSA) is 75.0 Å². The monoisotopic (exact) mass is 442 g/mol. The van der Waals surface area contributed by atoms with Crippen molar-refractivity contribution >= 4 is 16.9 Å². The standard InChI is InChI=1S/C27H22O6/c1-3-17-12-20-24(14-23(17)33-27(29)19-7-5-4-6-16(19)2)32-15-21(26(20)28)18-8-9-22-25(13-18)31-11-10-30-22/h4-9,12-15H,3,10-11H2,1-2H3. The number of carbonyl (C=O) groups excluding carboxylic acids is 1. The number of hydrogen-bond donors (Lipinski definition) is 0. The average Bonchev–Trinajstić information content (AvgIpc) is 2.84.